The van der Waals surface area contributed by atoms with E-state index in [-0.39, 0.29) is 12.3 Å². The van der Waals surface area contributed by atoms with Gasteiger partial charge in [-0.2, -0.15) is 0 Å². The highest BCUT2D eigenvalue weighted by Gasteiger charge is 2.31. The molecule has 1 amide bonds. The van der Waals surface area contributed by atoms with Gasteiger partial charge in [-0.3, -0.25) is 9.69 Å². The maximum atomic E-state index is 11.7. The van der Waals surface area contributed by atoms with Crippen LogP contribution in [-0.4, -0.2) is 31.1 Å². The molecule has 7 nitrogen and oxygen atoms in total. The number of Topliss-reactive ketones (excluding diaryl/α,β-unsaturated/α-hetero) is 1. The van der Waals surface area contributed by atoms with E-state index in [1.807, 2.05) is 0 Å². The maximum absolute atomic E-state index is 11.7. The molecule has 19 heavy (non-hydrogen) atoms. The Morgan fingerprint density at radius 1 is 1.53 bits per heavy atom. The summed E-state index contributed by atoms with van der Waals surface area (Å²) in [6.45, 7) is 1.93. The second-order valence-corrected chi connectivity index (χ2v) is 4.13. The minimum Gasteiger partial charge on any atom is -0.444 e. The van der Waals surface area contributed by atoms with Gasteiger partial charge in [0.05, 0.1) is 13.1 Å². The average molecular weight is 260 g/mol. The number of rotatable bonds is 4. The Balaban J connectivity index is 2.11. The van der Waals surface area contributed by atoms with Gasteiger partial charge < -0.3 is 4.74 Å². The van der Waals surface area contributed by atoms with Gasteiger partial charge in [-0.15, -0.1) is 0 Å². The molecular weight excluding hydrogens is 248 g/mol. The van der Waals surface area contributed by atoms with Crippen molar-refractivity contribution in [2.75, 3.05) is 18.0 Å². The summed E-state index contributed by atoms with van der Waals surface area (Å²) < 4.78 is 5.06. The van der Waals surface area contributed by atoms with Gasteiger partial charge >= 0.3 is 6.09 Å². The zero-order valence-electron chi connectivity index (χ0n) is 10.3. The van der Waals surface area contributed by atoms with Gasteiger partial charge in [0.2, 0.25) is 0 Å². The molecule has 1 aromatic carbocycles. The third-order valence-corrected chi connectivity index (χ3v) is 2.81. The normalized spacial score (nSPS) is 17.8. The van der Waals surface area contributed by atoms with E-state index in [0.29, 0.717) is 17.8 Å². The van der Waals surface area contributed by atoms with Crippen molar-refractivity contribution in [2.24, 2.45) is 5.11 Å². The average Bonchev–Trinajstić information content (AvgIpc) is 2.77. The quantitative estimate of drug-likeness (QED) is 0.360. The van der Waals surface area contributed by atoms with Crippen molar-refractivity contribution in [1.82, 2.24) is 0 Å². The van der Waals surface area contributed by atoms with Crippen LogP contribution in [-0.2, 0) is 4.74 Å². The summed E-state index contributed by atoms with van der Waals surface area (Å²) in [5, 5.41) is 3.39. The predicted octanol–water partition coefficient (Wildman–Crippen LogP) is 2.52. The molecule has 0 aromatic heterocycles. The van der Waals surface area contributed by atoms with Crippen molar-refractivity contribution < 1.29 is 14.3 Å². The molecule has 1 heterocycles. The third-order valence-electron chi connectivity index (χ3n) is 2.81. The number of ketones is 1. The molecule has 1 saturated heterocycles. The van der Waals surface area contributed by atoms with Crippen molar-refractivity contribution in [3.8, 4) is 0 Å². The van der Waals surface area contributed by atoms with E-state index in [1.165, 1.54) is 11.8 Å². The fourth-order valence-corrected chi connectivity index (χ4v) is 1.83. The number of azide groups is 1. The van der Waals surface area contributed by atoms with Crippen molar-refractivity contribution in [3.05, 3.63) is 40.3 Å². The minimum atomic E-state index is -0.478. The first kappa shape index (κ1) is 12.9. The molecule has 0 unspecified atom stereocenters. The smallest absolute Gasteiger partial charge is 0.414 e. The summed E-state index contributed by atoms with van der Waals surface area (Å²) in [7, 11) is 0. The monoisotopic (exact) mass is 260 g/mol. The van der Waals surface area contributed by atoms with Gasteiger partial charge in [0.15, 0.2) is 5.78 Å². The largest absolute Gasteiger partial charge is 0.444 e. The van der Waals surface area contributed by atoms with Crippen LogP contribution in [0.4, 0.5) is 10.5 Å². The number of nitrogens with zero attached hydrogens (tertiary/aromatic N) is 4. The number of anilines is 1. The number of amides is 1. The Hall–Kier alpha value is -2.53. The second-order valence-electron chi connectivity index (χ2n) is 4.13. The SMILES string of the molecule is CC(=O)c1ccc(N2C[C@H](CN=[N+]=[N-])OC2=O)cc1. The molecule has 0 bridgehead atoms. The Morgan fingerprint density at radius 3 is 2.79 bits per heavy atom. The Bertz CT molecular complexity index is 549. The lowest BCUT2D eigenvalue weighted by Gasteiger charge is -2.12. The molecule has 0 radical (unpaired) electrons. The van der Waals surface area contributed by atoms with Gasteiger partial charge in [-0.05, 0) is 36.7 Å². The lowest BCUT2D eigenvalue weighted by molar-refractivity contribution is 0.101. The highest BCUT2D eigenvalue weighted by molar-refractivity contribution is 5.95. The topological polar surface area (TPSA) is 95.4 Å². The fourth-order valence-electron chi connectivity index (χ4n) is 1.83. The van der Waals surface area contributed by atoms with Crippen LogP contribution in [0.1, 0.15) is 17.3 Å². The number of cyclic esters (lactones) is 1. The molecule has 0 saturated carbocycles. The van der Waals surface area contributed by atoms with E-state index in [4.69, 9.17) is 10.3 Å². The van der Waals surface area contributed by atoms with Crippen LogP contribution in [0.15, 0.2) is 29.4 Å². The lowest BCUT2D eigenvalue weighted by atomic mass is 10.1. The van der Waals surface area contributed by atoms with Gasteiger partial charge in [-0.1, -0.05) is 5.11 Å². The molecule has 2 rings (SSSR count). The van der Waals surface area contributed by atoms with Gasteiger partial charge in [-0.25, -0.2) is 4.79 Å². The molecule has 7 heteroatoms. The first-order chi connectivity index (χ1) is 9.11. The Kier molecular flexibility index (Phi) is 3.68. The molecule has 98 valence electrons. The zero-order chi connectivity index (χ0) is 13.8. The second kappa shape index (κ2) is 5.41. The van der Waals surface area contributed by atoms with Gasteiger partial charge in [0.25, 0.3) is 0 Å². The third kappa shape index (κ3) is 2.83. The van der Waals surface area contributed by atoms with E-state index in [0.717, 1.165) is 0 Å². The maximum Gasteiger partial charge on any atom is 0.414 e. The summed E-state index contributed by atoms with van der Waals surface area (Å²) in [6, 6.07) is 6.69. The molecule has 0 aliphatic carbocycles. The molecule has 1 fully saturated rings. The number of carbonyl (C=O) groups excluding carboxylic acids is 2. The predicted molar refractivity (Wildman–Crippen MR) is 68.1 cm³/mol. The first-order valence-electron chi connectivity index (χ1n) is 5.72. The van der Waals surface area contributed by atoms with Crippen LogP contribution in [0.5, 0.6) is 0 Å². The number of benzene rings is 1. The first-order valence-corrected chi connectivity index (χ1v) is 5.72. The van der Waals surface area contributed by atoms with Crippen molar-refractivity contribution in [1.29, 1.82) is 0 Å². The lowest BCUT2D eigenvalue weighted by Crippen LogP contribution is -2.25. The van der Waals surface area contributed by atoms with Crippen LogP contribution < -0.4 is 4.90 Å². The molecular formula is C12H12N4O3. The van der Waals surface area contributed by atoms with E-state index in [1.54, 1.807) is 24.3 Å². The van der Waals surface area contributed by atoms with Crippen molar-refractivity contribution in [2.45, 2.75) is 13.0 Å². The molecule has 0 N–H and O–H groups in total. The van der Waals surface area contributed by atoms with E-state index >= 15 is 0 Å². The highest BCUT2D eigenvalue weighted by Crippen LogP contribution is 2.22. The zero-order valence-corrected chi connectivity index (χ0v) is 10.3. The van der Waals surface area contributed by atoms with Gasteiger partial charge in [0, 0.05) is 16.2 Å². The number of ether oxygens (including phenoxy) is 1. The fraction of sp³-hybridized carbons (Fsp3) is 0.333. The standard InChI is InChI=1S/C12H12N4O3/c1-8(17)9-2-4-10(5-3-9)16-7-11(6-14-15-13)19-12(16)18/h2-5,11H,6-7H2,1H3/t11-/m0/s1. The van der Waals surface area contributed by atoms with E-state index in [9.17, 15) is 9.59 Å². The number of hydrogen-bond acceptors (Lipinski definition) is 4. The van der Waals surface area contributed by atoms with E-state index < -0.39 is 12.2 Å². The summed E-state index contributed by atoms with van der Waals surface area (Å²) >= 11 is 0. The highest BCUT2D eigenvalue weighted by atomic mass is 16.6. The van der Waals surface area contributed by atoms with Crippen molar-refractivity contribution >= 4 is 17.6 Å². The molecule has 1 aromatic rings. The summed E-state index contributed by atoms with van der Waals surface area (Å²) in [4.78, 5) is 26.9. The van der Waals surface area contributed by atoms with Crippen LogP contribution in [0.3, 0.4) is 0 Å². The summed E-state index contributed by atoms with van der Waals surface area (Å²) in [5.41, 5.74) is 9.47. The molecule has 0 spiro atoms. The minimum absolute atomic E-state index is 0.0308. The number of hydrogen-bond donors (Lipinski definition) is 0. The molecule has 1 aliphatic heterocycles. The van der Waals surface area contributed by atoms with Crippen LogP contribution in [0, 0.1) is 0 Å². The van der Waals surface area contributed by atoms with Crippen molar-refractivity contribution in [3.63, 3.8) is 0 Å². The van der Waals surface area contributed by atoms with Crippen LogP contribution in [0.25, 0.3) is 10.4 Å². The molecule has 1 atom stereocenters. The summed E-state index contributed by atoms with van der Waals surface area (Å²) in [6.07, 6.45) is -0.912. The van der Waals surface area contributed by atoms with E-state index in [2.05, 4.69) is 10.0 Å². The van der Waals surface area contributed by atoms with Crippen LogP contribution >= 0.6 is 0 Å². The Labute approximate surface area is 109 Å². The molecule has 1 aliphatic rings. The summed E-state index contributed by atoms with van der Waals surface area (Å²) in [5.74, 6) is -0.0308. The number of carbonyl (C=O) groups is 2. The van der Waals surface area contributed by atoms with Crippen LogP contribution in [0.2, 0.25) is 0 Å². The Morgan fingerprint density at radius 2 is 2.21 bits per heavy atom. The van der Waals surface area contributed by atoms with Gasteiger partial charge in [0.1, 0.15) is 6.10 Å².